The molecule has 1 heterocycles. The summed E-state index contributed by atoms with van der Waals surface area (Å²) in [7, 11) is 0. The number of nitrogens with one attached hydrogen (secondary N) is 1. The van der Waals surface area contributed by atoms with Gasteiger partial charge in [0.15, 0.2) is 5.15 Å². The molecule has 1 aromatic rings. The summed E-state index contributed by atoms with van der Waals surface area (Å²) in [6, 6.07) is 1.14. The third-order valence-corrected chi connectivity index (χ3v) is 3.36. The molecule has 0 fully saturated rings. The average Bonchev–Trinajstić information content (AvgIpc) is 2.31. The van der Waals surface area contributed by atoms with Gasteiger partial charge in [-0.05, 0) is 27.9 Å². The monoisotopic (exact) mass is 319 g/mol. The van der Waals surface area contributed by atoms with E-state index in [4.69, 9.17) is 17.3 Å². The van der Waals surface area contributed by atoms with Gasteiger partial charge in [0, 0.05) is 10.7 Å². The fraction of sp³-hybridized carbons (Fsp3) is 0.455. The molecule has 0 saturated carbocycles. The number of nitrogens with two attached hydrogens (primary N) is 1. The Kier molecular flexibility index (Phi) is 5.36. The minimum atomic E-state index is -0.546. The average molecular weight is 321 g/mol. The van der Waals surface area contributed by atoms with Crippen LogP contribution < -0.4 is 11.1 Å². The maximum absolute atomic E-state index is 11.8. The third-order valence-electron chi connectivity index (χ3n) is 2.62. The first kappa shape index (κ1) is 14.4. The summed E-state index contributed by atoms with van der Waals surface area (Å²) in [5.74, 6) is -0.130. The van der Waals surface area contributed by atoms with E-state index < -0.39 is 6.04 Å². The number of hydrogen-bond donors (Lipinski definition) is 2. The molecule has 0 aliphatic carbocycles. The molecule has 1 amide bonds. The molecule has 0 unspecified atom stereocenters. The second-order valence-electron chi connectivity index (χ2n) is 3.89. The predicted octanol–water partition coefficient (Wildman–Crippen LogP) is 2.81. The highest BCUT2D eigenvalue weighted by Gasteiger charge is 2.20. The number of carbonyl (C=O) groups is 1. The van der Waals surface area contributed by atoms with E-state index >= 15 is 0 Å². The molecular weight excluding hydrogens is 305 g/mol. The molecule has 0 aliphatic heterocycles. The second kappa shape index (κ2) is 6.33. The van der Waals surface area contributed by atoms with Crippen LogP contribution in [-0.2, 0) is 4.79 Å². The van der Waals surface area contributed by atoms with E-state index in [0.29, 0.717) is 5.69 Å². The van der Waals surface area contributed by atoms with Crippen molar-refractivity contribution in [1.82, 2.24) is 4.98 Å². The number of anilines is 1. The van der Waals surface area contributed by atoms with Gasteiger partial charge >= 0.3 is 0 Å². The van der Waals surface area contributed by atoms with E-state index in [-0.39, 0.29) is 17.0 Å². The highest BCUT2D eigenvalue weighted by Crippen LogP contribution is 2.23. The Balaban J connectivity index is 2.77. The van der Waals surface area contributed by atoms with Crippen molar-refractivity contribution in [1.29, 1.82) is 0 Å². The van der Waals surface area contributed by atoms with Gasteiger partial charge in [-0.2, -0.15) is 0 Å². The highest BCUT2D eigenvalue weighted by atomic mass is 79.9. The van der Waals surface area contributed by atoms with E-state index in [9.17, 15) is 4.79 Å². The lowest BCUT2D eigenvalue weighted by Gasteiger charge is -2.18. The maximum atomic E-state index is 11.8. The summed E-state index contributed by atoms with van der Waals surface area (Å²) in [6.45, 7) is 3.93. The molecular formula is C11H15BrClN3O. The zero-order valence-corrected chi connectivity index (χ0v) is 12.0. The number of halogens is 2. The van der Waals surface area contributed by atoms with Crippen molar-refractivity contribution < 1.29 is 4.79 Å². The van der Waals surface area contributed by atoms with Crippen LogP contribution >= 0.6 is 27.5 Å². The largest absolute Gasteiger partial charge is 0.322 e. The van der Waals surface area contributed by atoms with Gasteiger partial charge in [-0.25, -0.2) is 4.98 Å². The molecule has 0 spiro atoms. The Morgan fingerprint density at radius 1 is 1.71 bits per heavy atom. The van der Waals surface area contributed by atoms with Crippen molar-refractivity contribution in [2.24, 2.45) is 11.7 Å². The van der Waals surface area contributed by atoms with Crippen molar-refractivity contribution in [3.8, 4) is 0 Å². The standard InChI is InChI=1S/C11H15BrClN3O/c1-3-6(2)9(14)11(17)16-8-4-7(12)5-15-10(8)13/h4-6,9H,3,14H2,1-2H3,(H,16,17)/t6-,9-/m0/s1. The Morgan fingerprint density at radius 3 is 2.94 bits per heavy atom. The number of aromatic nitrogens is 1. The zero-order valence-electron chi connectivity index (χ0n) is 9.71. The number of rotatable bonds is 4. The molecule has 0 saturated heterocycles. The minimum Gasteiger partial charge on any atom is -0.322 e. The molecule has 0 aromatic carbocycles. The molecule has 94 valence electrons. The van der Waals surface area contributed by atoms with E-state index in [0.717, 1.165) is 10.9 Å². The molecule has 2 atom stereocenters. The molecule has 0 radical (unpaired) electrons. The van der Waals surface area contributed by atoms with Gasteiger partial charge in [0.25, 0.3) is 0 Å². The summed E-state index contributed by atoms with van der Waals surface area (Å²) < 4.78 is 0.745. The van der Waals surface area contributed by atoms with Gasteiger partial charge in [-0.1, -0.05) is 31.9 Å². The van der Waals surface area contributed by atoms with E-state index in [1.807, 2.05) is 13.8 Å². The van der Waals surface area contributed by atoms with Gasteiger partial charge in [0.2, 0.25) is 5.91 Å². The van der Waals surface area contributed by atoms with Gasteiger partial charge in [-0.3, -0.25) is 4.79 Å². The first-order valence-electron chi connectivity index (χ1n) is 5.33. The van der Waals surface area contributed by atoms with Crippen molar-refractivity contribution >= 4 is 39.1 Å². The van der Waals surface area contributed by atoms with Gasteiger partial charge < -0.3 is 11.1 Å². The van der Waals surface area contributed by atoms with E-state index in [1.165, 1.54) is 0 Å². The lowest BCUT2D eigenvalue weighted by molar-refractivity contribution is -0.118. The molecule has 1 rings (SSSR count). The minimum absolute atomic E-state index is 0.119. The molecule has 0 aliphatic rings. The Morgan fingerprint density at radius 2 is 2.35 bits per heavy atom. The van der Waals surface area contributed by atoms with E-state index in [1.54, 1.807) is 12.3 Å². The van der Waals surface area contributed by atoms with Crippen LogP contribution in [0.15, 0.2) is 16.7 Å². The van der Waals surface area contributed by atoms with Crippen molar-refractivity contribution in [3.05, 3.63) is 21.9 Å². The maximum Gasteiger partial charge on any atom is 0.241 e. The number of hydrogen-bond acceptors (Lipinski definition) is 3. The number of amides is 1. The Hall–Kier alpha value is -0.650. The number of pyridine rings is 1. The summed E-state index contributed by atoms with van der Waals surface area (Å²) in [4.78, 5) is 15.8. The van der Waals surface area contributed by atoms with Crippen LogP contribution in [0.1, 0.15) is 20.3 Å². The Labute approximate surface area is 114 Å². The van der Waals surface area contributed by atoms with Crippen molar-refractivity contribution in [3.63, 3.8) is 0 Å². The molecule has 3 N–H and O–H groups in total. The van der Waals surface area contributed by atoms with Crippen LogP contribution in [0.2, 0.25) is 5.15 Å². The summed E-state index contributed by atoms with van der Waals surface area (Å²) in [5, 5.41) is 2.93. The molecule has 1 aromatic heterocycles. The number of nitrogens with zero attached hydrogens (tertiary/aromatic N) is 1. The van der Waals surface area contributed by atoms with Crippen molar-refractivity contribution in [2.75, 3.05) is 5.32 Å². The van der Waals surface area contributed by atoms with Gasteiger partial charge in [0.1, 0.15) is 0 Å². The highest BCUT2D eigenvalue weighted by molar-refractivity contribution is 9.10. The van der Waals surface area contributed by atoms with Crippen LogP contribution in [0.4, 0.5) is 5.69 Å². The van der Waals surface area contributed by atoms with Crippen LogP contribution in [0.3, 0.4) is 0 Å². The first-order valence-corrected chi connectivity index (χ1v) is 6.50. The second-order valence-corrected chi connectivity index (χ2v) is 5.17. The summed E-state index contributed by atoms with van der Waals surface area (Å²) >= 11 is 9.13. The Bertz CT molecular complexity index is 414. The first-order chi connectivity index (χ1) is 7.95. The predicted molar refractivity (Wildman–Crippen MR) is 73.0 cm³/mol. The molecule has 0 bridgehead atoms. The normalized spacial score (nSPS) is 14.2. The van der Waals surface area contributed by atoms with Crippen LogP contribution in [0.5, 0.6) is 0 Å². The third kappa shape index (κ3) is 3.94. The quantitative estimate of drug-likeness (QED) is 0.838. The lowest BCUT2D eigenvalue weighted by atomic mass is 9.99. The van der Waals surface area contributed by atoms with Crippen LogP contribution in [0, 0.1) is 5.92 Å². The van der Waals surface area contributed by atoms with Crippen molar-refractivity contribution in [2.45, 2.75) is 26.3 Å². The van der Waals surface area contributed by atoms with Gasteiger partial charge in [-0.15, -0.1) is 0 Å². The number of carbonyl (C=O) groups excluding carboxylic acids is 1. The zero-order chi connectivity index (χ0) is 13.0. The molecule has 6 heteroatoms. The van der Waals surface area contributed by atoms with Crippen LogP contribution in [0.25, 0.3) is 0 Å². The molecule has 4 nitrogen and oxygen atoms in total. The summed E-state index contributed by atoms with van der Waals surface area (Å²) in [6.07, 6.45) is 2.41. The lowest BCUT2D eigenvalue weighted by Crippen LogP contribution is -2.40. The summed E-state index contributed by atoms with van der Waals surface area (Å²) in [5.41, 5.74) is 6.28. The smallest absolute Gasteiger partial charge is 0.241 e. The topological polar surface area (TPSA) is 68.0 Å². The fourth-order valence-corrected chi connectivity index (χ4v) is 1.72. The van der Waals surface area contributed by atoms with E-state index in [2.05, 4.69) is 26.2 Å². The fourth-order valence-electron chi connectivity index (χ4n) is 1.24. The SMILES string of the molecule is CC[C@H](C)[C@H](N)C(=O)Nc1cc(Br)cnc1Cl. The van der Waals surface area contributed by atoms with Crippen LogP contribution in [-0.4, -0.2) is 16.9 Å². The molecule has 17 heavy (non-hydrogen) atoms. The van der Waals surface area contributed by atoms with Gasteiger partial charge in [0.05, 0.1) is 11.7 Å².